The van der Waals surface area contributed by atoms with Crippen LogP contribution in [0.15, 0.2) is 0 Å². The van der Waals surface area contributed by atoms with Crippen molar-refractivity contribution in [2.45, 2.75) is 85.7 Å². The Morgan fingerprint density at radius 3 is 1.50 bits per heavy atom. The molecule has 0 heterocycles. The third-order valence-electron chi connectivity index (χ3n) is 3.63. The molecule has 0 aromatic heterocycles. The molecule has 16 heavy (non-hydrogen) atoms. The molecule has 0 aliphatic rings. The van der Waals surface area contributed by atoms with Gasteiger partial charge in [0.25, 0.3) is 0 Å². The summed E-state index contributed by atoms with van der Waals surface area (Å²) in [6.45, 7) is 18.6. The van der Waals surface area contributed by atoms with Gasteiger partial charge in [-0.15, -0.1) is 0 Å². The highest BCUT2D eigenvalue weighted by atomic mass is 15.2. The Kier molecular flexibility index (Phi) is 5.07. The van der Waals surface area contributed by atoms with Gasteiger partial charge >= 0.3 is 0 Å². The molecule has 0 aromatic rings. The molecule has 0 saturated heterocycles. The van der Waals surface area contributed by atoms with Gasteiger partial charge in [-0.25, -0.2) is 0 Å². The van der Waals surface area contributed by atoms with Crippen molar-refractivity contribution in [3.8, 4) is 0 Å². The molecule has 0 rings (SSSR count). The van der Waals surface area contributed by atoms with Crippen molar-refractivity contribution in [3.05, 3.63) is 0 Å². The van der Waals surface area contributed by atoms with Crippen molar-refractivity contribution in [1.82, 2.24) is 4.90 Å². The fourth-order valence-electron chi connectivity index (χ4n) is 2.13. The minimum atomic E-state index is 0.255. The summed E-state index contributed by atoms with van der Waals surface area (Å²) < 4.78 is 0. The van der Waals surface area contributed by atoms with E-state index in [-0.39, 0.29) is 5.54 Å². The van der Waals surface area contributed by atoms with Crippen molar-refractivity contribution in [2.24, 2.45) is 5.41 Å². The highest BCUT2D eigenvalue weighted by Gasteiger charge is 2.31. The summed E-state index contributed by atoms with van der Waals surface area (Å²) in [5.41, 5.74) is 1.02. The summed E-state index contributed by atoms with van der Waals surface area (Å²) in [5, 5.41) is 0. The molecule has 0 radical (unpaired) electrons. The summed E-state index contributed by atoms with van der Waals surface area (Å²) in [5.74, 6) is 0. The van der Waals surface area contributed by atoms with Gasteiger partial charge in [-0.05, 0) is 59.9 Å². The molecule has 0 atom stereocenters. The zero-order valence-corrected chi connectivity index (χ0v) is 13.1. The molecule has 0 fully saturated rings. The summed E-state index contributed by atoms with van der Waals surface area (Å²) in [4.78, 5) is 2.50. The van der Waals surface area contributed by atoms with Gasteiger partial charge in [0.15, 0.2) is 0 Å². The fourth-order valence-corrected chi connectivity index (χ4v) is 2.13. The minimum Gasteiger partial charge on any atom is -0.296 e. The van der Waals surface area contributed by atoms with Crippen molar-refractivity contribution in [2.75, 3.05) is 7.05 Å². The molecule has 98 valence electrons. The monoisotopic (exact) mass is 227 g/mol. The second-order valence-corrected chi connectivity index (χ2v) is 7.96. The van der Waals surface area contributed by atoms with Crippen LogP contribution in [0, 0.1) is 5.41 Å². The maximum absolute atomic E-state index is 2.50. The third-order valence-corrected chi connectivity index (χ3v) is 3.63. The van der Waals surface area contributed by atoms with Crippen molar-refractivity contribution in [3.63, 3.8) is 0 Å². The quantitative estimate of drug-likeness (QED) is 0.672. The second kappa shape index (κ2) is 5.08. The van der Waals surface area contributed by atoms with E-state index >= 15 is 0 Å². The third kappa shape index (κ3) is 5.89. The molecule has 0 unspecified atom stereocenters. The molecular weight excluding hydrogens is 194 g/mol. The van der Waals surface area contributed by atoms with E-state index in [1.54, 1.807) is 0 Å². The molecular formula is C15H33N. The van der Waals surface area contributed by atoms with Gasteiger partial charge in [-0.3, -0.25) is 4.90 Å². The zero-order valence-electron chi connectivity index (χ0n) is 13.1. The van der Waals surface area contributed by atoms with Crippen LogP contribution in [-0.2, 0) is 0 Å². The first-order chi connectivity index (χ1) is 6.86. The summed E-state index contributed by atoms with van der Waals surface area (Å²) >= 11 is 0. The van der Waals surface area contributed by atoms with Crippen LogP contribution >= 0.6 is 0 Å². The normalized spacial score (nSPS) is 14.6. The van der Waals surface area contributed by atoms with Gasteiger partial charge < -0.3 is 0 Å². The van der Waals surface area contributed by atoms with Crippen LogP contribution in [0.25, 0.3) is 0 Å². The first kappa shape index (κ1) is 16.0. The molecule has 0 aromatic carbocycles. The lowest BCUT2D eigenvalue weighted by Gasteiger charge is -2.45. The van der Waals surface area contributed by atoms with E-state index in [1.165, 1.54) is 19.3 Å². The number of hydrogen-bond acceptors (Lipinski definition) is 1. The van der Waals surface area contributed by atoms with E-state index in [9.17, 15) is 0 Å². The molecule has 0 saturated carbocycles. The van der Waals surface area contributed by atoms with Crippen LogP contribution in [0.1, 0.15) is 74.7 Å². The number of nitrogens with zero attached hydrogens (tertiary/aromatic N) is 1. The van der Waals surface area contributed by atoms with Gasteiger partial charge in [-0.2, -0.15) is 0 Å². The first-order valence-corrected chi connectivity index (χ1v) is 6.60. The molecule has 1 nitrogen and oxygen atoms in total. The summed E-state index contributed by atoms with van der Waals surface area (Å²) in [6, 6.07) is 0. The highest BCUT2D eigenvalue weighted by Crippen LogP contribution is 2.30. The van der Waals surface area contributed by atoms with Crippen LogP contribution in [-0.4, -0.2) is 23.0 Å². The average Bonchev–Trinajstić information content (AvgIpc) is 1.98. The van der Waals surface area contributed by atoms with E-state index in [0.29, 0.717) is 11.0 Å². The average molecular weight is 227 g/mol. The van der Waals surface area contributed by atoms with E-state index < -0.39 is 0 Å². The second-order valence-electron chi connectivity index (χ2n) is 7.96. The van der Waals surface area contributed by atoms with E-state index in [2.05, 4.69) is 67.3 Å². The largest absolute Gasteiger partial charge is 0.296 e. The highest BCUT2D eigenvalue weighted by molar-refractivity contribution is 4.87. The predicted molar refractivity (Wildman–Crippen MR) is 74.9 cm³/mol. The Bertz CT molecular complexity index is 202. The SMILES string of the molecule is CN(C(C)(C)C)C(C)(C)CCCC(C)(C)C. The summed E-state index contributed by atoms with van der Waals surface area (Å²) in [7, 11) is 2.25. The molecule has 0 aliphatic heterocycles. The Balaban J connectivity index is 4.25. The van der Waals surface area contributed by atoms with Gasteiger partial charge in [0.2, 0.25) is 0 Å². The standard InChI is InChI=1S/C15H33N/c1-13(2,3)11-10-12-15(7,8)16(9)14(4,5)6/h10-12H2,1-9H3. The Labute approximate surface area is 104 Å². The zero-order chi connectivity index (χ0) is 13.2. The smallest absolute Gasteiger partial charge is 0.0155 e. The van der Waals surface area contributed by atoms with Crippen LogP contribution < -0.4 is 0 Å². The maximum Gasteiger partial charge on any atom is 0.0155 e. The molecule has 0 bridgehead atoms. The van der Waals surface area contributed by atoms with Crippen molar-refractivity contribution in [1.29, 1.82) is 0 Å². The first-order valence-electron chi connectivity index (χ1n) is 6.60. The predicted octanol–water partition coefficient (Wildman–Crippen LogP) is 4.71. The Hall–Kier alpha value is -0.0400. The lowest BCUT2D eigenvalue weighted by Crippen LogP contribution is -2.51. The van der Waals surface area contributed by atoms with E-state index in [1.807, 2.05) is 0 Å². The van der Waals surface area contributed by atoms with Crippen LogP contribution in [0.4, 0.5) is 0 Å². The van der Waals surface area contributed by atoms with Crippen LogP contribution in [0.2, 0.25) is 0 Å². The van der Waals surface area contributed by atoms with Crippen LogP contribution in [0.3, 0.4) is 0 Å². The van der Waals surface area contributed by atoms with E-state index in [0.717, 1.165) is 0 Å². The lowest BCUT2D eigenvalue weighted by molar-refractivity contribution is 0.0471. The molecule has 0 spiro atoms. The van der Waals surface area contributed by atoms with E-state index in [4.69, 9.17) is 0 Å². The molecule has 0 aliphatic carbocycles. The minimum absolute atomic E-state index is 0.255. The fraction of sp³-hybridized carbons (Fsp3) is 1.00. The van der Waals surface area contributed by atoms with Gasteiger partial charge in [0, 0.05) is 11.1 Å². The van der Waals surface area contributed by atoms with Gasteiger partial charge in [0.05, 0.1) is 0 Å². The topological polar surface area (TPSA) is 3.24 Å². The van der Waals surface area contributed by atoms with Crippen LogP contribution in [0.5, 0.6) is 0 Å². The maximum atomic E-state index is 2.50. The molecule has 0 N–H and O–H groups in total. The number of rotatable bonds is 4. The Morgan fingerprint density at radius 1 is 0.750 bits per heavy atom. The Morgan fingerprint density at radius 2 is 1.19 bits per heavy atom. The lowest BCUT2D eigenvalue weighted by atomic mass is 9.85. The van der Waals surface area contributed by atoms with Crippen molar-refractivity contribution >= 4 is 0 Å². The van der Waals surface area contributed by atoms with Gasteiger partial charge in [0.1, 0.15) is 0 Å². The molecule has 0 amide bonds. The van der Waals surface area contributed by atoms with Crippen molar-refractivity contribution < 1.29 is 0 Å². The summed E-state index contributed by atoms with van der Waals surface area (Å²) in [6.07, 6.45) is 3.91. The number of hydrogen-bond donors (Lipinski definition) is 0. The molecule has 1 heteroatoms. The van der Waals surface area contributed by atoms with Gasteiger partial charge in [-0.1, -0.05) is 27.2 Å².